The third-order valence-corrected chi connectivity index (χ3v) is 4.87. The summed E-state index contributed by atoms with van der Waals surface area (Å²) in [6, 6.07) is 5.79. The minimum atomic E-state index is 0. The lowest BCUT2D eigenvalue weighted by Gasteiger charge is -2.14. The van der Waals surface area contributed by atoms with Gasteiger partial charge in [0.25, 0.3) is 5.89 Å². The molecule has 0 unspecified atom stereocenters. The first-order valence-electron chi connectivity index (χ1n) is 8.39. The topological polar surface area (TPSA) is 88.3 Å². The Kier molecular flexibility index (Phi) is 7.41. The molecule has 3 aromatic rings. The number of rotatable bonds is 8. The number of aromatic nitrogens is 3. The zero-order chi connectivity index (χ0) is 18.7. The first-order valence-corrected chi connectivity index (χ1v) is 9.79. The highest BCUT2D eigenvalue weighted by Gasteiger charge is 2.19. The summed E-state index contributed by atoms with van der Waals surface area (Å²) in [6.45, 7) is 2.26. The molecule has 2 aromatic heterocycles. The number of fused-ring (bicyclic) bond motifs is 1. The molecule has 9 heteroatoms. The summed E-state index contributed by atoms with van der Waals surface area (Å²) in [5, 5.41) is 4.80. The quantitative estimate of drug-likeness (QED) is 0.606. The molecule has 1 atom stereocenters. The molecule has 7 nitrogen and oxygen atoms in total. The van der Waals surface area contributed by atoms with Gasteiger partial charge in [-0.25, -0.2) is 0 Å². The maximum Gasteiger partial charge on any atom is 0.274 e. The fourth-order valence-electron chi connectivity index (χ4n) is 2.86. The lowest BCUT2D eigenvalue weighted by atomic mass is 10.2. The monoisotopic (exact) mass is 412 g/mol. The van der Waals surface area contributed by atoms with Crippen LogP contribution in [-0.4, -0.2) is 46.5 Å². The van der Waals surface area contributed by atoms with Gasteiger partial charge in [0.1, 0.15) is 23.8 Å². The summed E-state index contributed by atoms with van der Waals surface area (Å²) in [6.07, 6.45) is 2.99. The van der Waals surface area contributed by atoms with Crippen molar-refractivity contribution in [1.29, 1.82) is 0 Å². The van der Waals surface area contributed by atoms with Crippen LogP contribution in [-0.2, 0) is 7.05 Å². The lowest BCUT2D eigenvalue weighted by Crippen LogP contribution is -2.28. The molecule has 0 aliphatic rings. The van der Waals surface area contributed by atoms with Crippen LogP contribution in [0.5, 0.6) is 11.5 Å². The molecule has 0 bridgehead atoms. The van der Waals surface area contributed by atoms with E-state index in [9.17, 15) is 0 Å². The molecule has 0 amide bonds. The van der Waals surface area contributed by atoms with Crippen molar-refractivity contribution in [2.75, 3.05) is 25.7 Å². The fourth-order valence-corrected chi connectivity index (χ4v) is 3.39. The number of nitrogens with zero attached hydrogens (tertiary/aromatic N) is 3. The number of aryl methyl sites for hydroxylation is 2. The van der Waals surface area contributed by atoms with Crippen LogP contribution in [0.3, 0.4) is 0 Å². The smallest absolute Gasteiger partial charge is 0.274 e. The molecular weight excluding hydrogens is 388 g/mol. The summed E-state index contributed by atoms with van der Waals surface area (Å²) < 4.78 is 18.8. The van der Waals surface area contributed by atoms with Crippen molar-refractivity contribution in [1.82, 2.24) is 14.7 Å². The van der Waals surface area contributed by atoms with Crippen LogP contribution in [0.15, 0.2) is 22.7 Å². The maximum atomic E-state index is 6.14. The van der Waals surface area contributed by atoms with E-state index in [0.717, 1.165) is 40.3 Å². The summed E-state index contributed by atoms with van der Waals surface area (Å²) in [5.74, 6) is 3.59. The largest absolute Gasteiger partial charge is 0.495 e. The van der Waals surface area contributed by atoms with Gasteiger partial charge in [0.15, 0.2) is 5.82 Å². The van der Waals surface area contributed by atoms with Gasteiger partial charge in [0, 0.05) is 18.5 Å². The first-order chi connectivity index (χ1) is 12.5. The van der Waals surface area contributed by atoms with Crippen LogP contribution in [0.1, 0.15) is 12.2 Å². The Labute approximate surface area is 169 Å². The van der Waals surface area contributed by atoms with Crippen molar-refractivity contribution < 1.29 is 14.0 Å². The number of thioether (sulfide) groups is 1. The molecule has 0 fully saturated rings. The zero-order valence-electron chi connectivity index (χ0n) is 15.9. The molecular formula is C18H25ClN4O3S. The summed E-state index contributed by atoms with van der Waals surface area (Å²) in [4.78, 5) is 4.33. The van der Waals surface area contributed by atoms with E-state index in [1.54, 1.807) is 25.8 Å². The first kappa shape index (κ1) is 21.4. The average molecular weight is 413 g/mol. The zero-order valence-corrected chi connectivity index (χ0v) is 17.5. The lowest BCUT2D eigenvalue weighted by molar-refractivity contribution is 0.289. The van der Waals surface area contributed by atoms with E-state index in [2.05, 4.69) is 16.4 Å². The van der Waals surface area contributed by atoms with Crippen LogP contribution in [0.2, 0.25) is 0 Å². The number of benzene rings is 1. The van der Waals surface area contributed by atoms with E-state index < -0.39 is 0 Å². The van der Waals surface area contributed by atoms with Gasteiger partial charge in [-0.1, -0.05) is 5.16 Å². The fraction of sp³-hybridized carbons (Fsp3) is 0.444. The maximum absolute atomic E-state index is 6.14. The van der Waals surface area contributed by atoms with Gasteiger partial charge in [-0.3, -0.25) is 0 Å². The SMILES string of the molecule is COc1ccc(OC[C@@H](N)CCSC)c2cc(-c3nc(C)no3)n(C)c12.Cl. The van der Waals surface area contributed by atoms with Crippen molar-refractivity contribution in [3.05, 3.63) is 24.0 Å². The normalized spacial score (nSPS) is 12.0. The van der Waals surface area contributed by atoms with Crippen molar-refractivity contribution in [2.45, 2.75) is 19.4 Å². The molecule has 148 valence electrons. The summed E-state index contributed by atoms with van der Waals surface area (Å²) in [5.41, 5.74) is 7.85. The standard InChI is InChI=1S/C18H24N4O3S.ClH/c1-11-20-18(25-21-11)14-9-13-15(24-10-12(19)7-8-26-4)5-6-16(23-3)17(13)22(14)2;/h5-6,9,12H,7-8,10,19H2,1-4H3;1H/t12-;/m0./s1. The van der Waals surface area contributed by atoms with E-state index in [1.165, 1.54) is 0 Å². The molecule has 27 heavy (non-hydrogen) atoms. The van der Waals surface area contributed by atoms with E-state index in [1.807, 2.05) is 29.8 Å². The highest BCUT2D eigenvalue weighted by Crippen LogP contribution is 2.38. The minimum Gasteiger partial charge on any atom is -0.495 e. The Hall–Kier alpha value is -1.90. The summed E-state index contributed by atoms with van der Waals surface area (Å²) >= 11 is 1.79. The van der Waals surface area contributed by atoms with E-state index in [4.69, 9.17) is 19.7 Å². The van der Waals surface area contributed by atoms with E-state index in [-0.39, 0.29) is 18.4 Å². The molecule has 0 radical (unpaired) electrons. The number of ether oxygens (including phenoxy) is 2. The van der Waals surface area contributed by atoms with Crippen LogP contribution in [0.25, 0.3) is 22.5 Å². The number of hydrogen-bond donors (Lipinski definition) is 1. The number of hydrogen-bond acceptors (Lipinski definition) is 7. The van der Waals surface area contributed by atoms with Crippen molar-refractivity contribution in [3.8, 4) is 23.1 Å². The molecule has 0 saturated heterocycles. The Balaban J connectivity index is 0.00000261. The third kappa shape index (κ3) is 4.51. The van der Waals surface area contributed by atoms with Gasteiger partial charge in [-0.2, -0.15) is 16.7 Å². The van der Waals surface area contributed by atoms with E-state index in [0.29, 0.717) is 18.3 Å². The Morgan fingerprint density at radius 2 is 2.07 bits per heavy atom. The van der Waals surface area contributed by atoms with Crippen LogP contribution in [0.4, 0.5) is 0 Å². The van der Waals surface area contributed by atoms with Gasteiger partial charge in [0.05, 0.1) is 12.6 Å². The van der Waals surface area contributed by atoms with Crippen LogP contribution >= 0.6 is 24.2 Å². The second-order valence-electron chi connectivity index (χ2n) is 6.12. The van der Waals surface area contributed by atoms with Gasteiger partial charge in [-0.05, 0) is 43.6 Å². The Bertz CT molecular complexity index is 896. The molecule has 0 aliphatic heterocycles. The number of nitrogens with two attached hydrogens (primary N) is 1. The van der Waals surface area contributed by atoms with Crippen LogP contribution in [0, 0.1) is 6.92 Å². The van der Waals surface area contributed by atoms with Crippen molar-refractivity contribution in [2.24, 2.45) is 12.8 Å². The number of halogens is 1. The predicted molar refractivity (Wildman–Crippen MR) is 111 cm³/mol. The molecule has 3 rings (SSSR count). The average Bonchev–Trinajstić information content (AvgIpc) is 3.21. The van der Waals surface area contributed by atoms with Gasteiger partial charge >= 0.3 is 0 Å². The Morgan fingerprint density at radius 1 is 1.33 bits per heavy atom. The molecule has 2 heterocycles. The molecule has 0 saturated carbocycles. The Morgan fingerprint density at radius 3 is 2.70 bits per heavy atom. The molecule has 2 N–H and O–H groups in total. The number of methoxy groups -OCH3 is 1. The molecule has 0 spiro atoms. The molecule has 0 aliphatic carbocycles. The van der Waals surface area contributed by atoms with Crippen molar-refractivity contribution in [3.63, 3.8) is 0 Å². The second kappa shape index (κ2) is 9.34. The van der Waals surface area contributed by atoms with Gasteiger partial charge in [-0.15, -0.1) is 12.4 Å². The van der Waals surface area contributed by atoms with E-state index >= 15 is 0 Å². The second-order valence-corrected chi connectivity index (χ2v) is 7.10. The highest BCUT2D eigenvalue weighted by atomic mass is 35.5. The van der Waals surface area contributed by atoms with Gasteiger partial charge < -0.3 is 24.3 Å². The molecule has 1 aromatic carbocycles. The predicted octanol–water partition coefficient (Wildman–Crippen LogP) is 3.43. The third-order valence-electron chi connectivity index (χ3n) is 4.23. The van der Waals surface area contributed by atoms with Crippen LogP contribution < -0.4 is 15.2 Å². The van der Waals surface area contributed by atoms with Gasteiger partial charge in [0.2, 0.25) is 0 Å². The summed E-state index contributed by atoms with van der Waals surface area (Å²) in [7, 11) is 3.59. The minimum absolute atomic E-state index is 0. The van der Waals surface area contributed by atoms with Crippen molar-refractivity contribution >= 4 is 35.1 Å². The highest BCUT2D eigenvalue weighted by molar-refractivity contribution is 7.98.